The van der Waals surface area contributed by atoms with Gasteiger partial charge >= 0.3 is 5.97 Å². The molecule has 1 aliphatic heterocycles. The maximum absolute atomic E-state index is 13.7. The van der Waals surface area contributed by atoms with Crippen LogP contribution < -0.4 is 24.4 Å². The van der Waals surface area contributed by atoms with Crippen molar-refractivity contribution in [3.8, 4) is 11.5 Å². The lowest BCUT2D eigenvalue weighted by Crippen LogP contribution is -2.39. The Bertz CT molecular complexity index is 1470. The number of methoxy groups -OCH3 is 2. The Morgan fingerprint density at radius 2 is 1.91 bits per heavy atom. The first-order chi connectivity index (χ1) is 16.4. The number of carbonyl (C=O) groups excluding carboxylic acids is 1. The van der Waals surface area contributed by atoms with Crippen LogP contribution in [-0.2, 0) is 9.53 Å². The zero-order chi connectivity index (χ0) is 24.4. The van der Waals surface area contributed by atoms with Gasteiger partial charge in [-0.3, -0.25) is 9.36 Å². The monoisotopic (exact) mass is 542 g/mol. The van der Waals surface area contributed by atoms with Gasteiger partial charge in [-0.2, -0.15) is 0 Å². The summed E-state index contributed by atoms with van der Waals surface area (Å²) in [4.78, 5) is 31.8. The van der Waals surface area contributed by atoms with Crippen LogP contribution in [0.2, 0.25) is 0 Å². The number of esters is 1. The van der Waals surface area contributed by atoms with Crippen LogP contribution in [0.15, 0.2) is 68.0 Å². The molecule has 176 valence electrons. The van der Waals surface area contributed by atoms with Gasteiger partial charge in [0.05, 0.1) is 42.7 Å². The molecule has 2 heterocycles. The van der Waals surface area contributed by atoms with Gasteiger partial charge in [0.1, 0.15) is 11.5 Å². The third-order valence-corrected chi connectivity index (χ3v) is 7.12. The lowest BCUT2D eigenvalue weighted by Gasteiger charge is -2.25. The van der Waals surface area contributed by atoms with Crippen LogP contribution in [0, 0.1) is 0 Å². The van der Waals surface area contributed by atoms with Crippen LogP contribution in [0.5, 0.6) is 11.5 Å². The van der Waals surface area contributed by atoms with Gasteiger partial charge in [-0.1, -0.05) is 39.4 Å². The van der Waals surface area contributed by atoms with Gasteiger partial charge in [-0.15, -0.1) is 0 Å². The molecule has 7 nitrogen and oxygen atoms in total. The van der Waals surface area contributed by atoms with Gasteiger partial charge in [0.25, 0.3) is 5.56 Å². The SMILES string of the molecule is CCOC(=O)C1=C(C)N=c2sc(=Cc3cc(OC)ccc3Br)c(=O)n2C1c1cccc(OC)c1. The van der Waals surface area contributed by atoms with Crippen molar-refractivity contribution in [1.29, 1.82) is 0 Å². The summed E-state index contributed by atoms with van der Waals surface area (Å²) in [6.45, 7) is 3.72. The average molecular weight is 543 g/mol. The number of nitrogens with zero attached hydrogens (tertiary/aromatic N) is 2. The summed E-state index contributed by atoms with van der Waals surface area (Å²) in [5.41, 5.74) is 2.12. The highest BCUT2D eigenvalue weighted by atomic mass is 79.9. The number of carbonyl (C=O) groups is 1. The van der Waals surface area contributed by atoms with Crippen LogP contribution in [0.4, 0.5) is 0 Å². The van der Waals surface area contributed by atoms with Crippen LogP contribution >= 0.6 is 27.3 Å². The van der Waals surface area contributed by atoms with E-state index in [9.17, 15) is 9.59 Å². The van der Waals surface area contributed by atoms with E-state index in [2.05, 4.69) is 20.9 Å². The minimum Gasteiger partial charge on any atom is -0.497 e. The number of allylic oxidation sites excluding steroid dienone is 1. The molecule has 34 heavy (non-hydrogen) atoms. The Hall–Kier alpha value is -3.17. The first-order valence-electron chi connectivity index (χ1n) is 10.5. The number of ether oxygens (including phenoxy) is 3. The third kappa shape index (κ3) is 4.45. The van der Waals surface area contributed by atoms with Crippen molar-refractivity contribution in [3.63, 3.8) is 0 Å². The van der Waals surface area contributed by atoms with Crippen molar-refractivity contribution in [2.75, 3.05) is 20.8 Å². The average Bonchev–Trinajstić information content (AvgIpc) is 3.14. The number of thiazole rings is 1. The highest BCUT2D eigenvalue weighted by molar-refractivity contribution is 9.10. The Balaban J connectivity index is 1.97. The van der Waals surface area contributed by atoms with Gasteiger partial charge in [0, 0.05) is 4.47 Å². The van der Waals surface area contributed by atoms with Crippen molar-refractivity contribution < 1.29 is 19.0 Å². The molecule has 2 aromatic carbocycles. The highest BCUT2D eigenvalue weighted by Crippen LogP contribution is 2.32. The maximum Gasteiger partial charge on any atom is 0.338 e. The van der Waals surface area contributed by atoms with E-state index >= 15 is 0 Å². The lowest BCUT2D eigenvalue weighted by molar-refractivity contribution is -0.139. The molecule has 4 rings (SSSR count). The number of hydrogen-bond acceptors (Lipinski definition) is 7. The Morgan fingerprint density at radius 1 is 1.18 bits per heavy atom. The van der Waals surface area contributed by atoms with Crippen molar-refractivity contribution in [3.05, 3.63) is 89.0 Å². The summed E-state index contributed by atoms with van der Waals surface area (Å²) >= 11 is 4.80. The predicted octanol–water partition coefficient (Wildman–Crippen LogP) is 3.58. The zero-order valence-electron chi connectivity index (χ0n) is 19.1. The first-order valence-corrected chi connectivity index (χ1v) is 12.2. The molecule has 1 atom stereocenters. The van der Waals surface area contributed by atoms with Gasteiger partial charge < -0.3 is 14.2 Å². The second-order valence-electron chi connectivity index (χ2n) is 7.47. The standard InChI is InChI=1S/C25H23BrN2O5S/c1-5-33-24(30)21-14(2)27-25-28(22(21)15-7-6-8-17(11-15)31-3)23(29)20(34-25)13-16-12-18(32-4)9-10-19(16)26/h6-13,22H,5H2,1-4H3. The quantitative estimate of drug-likeness (QED) is 0.445. The van der Waals surface area contributed by atoms with Gasteiger partial charge in [-0.25, -0.2) is 9.79 Å². The molecule has 0 saturated carbocycles. The normalized spacial score (nSPS) is 15.6. The Morgan fingerprint density at radius 3 is 2.62 bits per heavy atom. The predicted molar refractivity (Wildman–Crippen MR) is 134 cm³/mol. The second kappa shape index (κ2) is 9.99. The largest absolute Gasteiger partial charge is 0.497 e. The minimum atomic E-state index is -0.693. The molecule has 0 saturated heterocycles. The first kappa shape index (κ1) is 24.0. The Kier molecular flexibility index (Phi) is 7.04. The van der Waals surface area contributed by atoms with Crippen LogP contribution in [0.3, 0.4) is 0 Å². The summed E-state index contributed by atoms with van der Waals surface area (Å²) in [5.74, 6) is 0.802. The summed E-state index contributed by atoms with van der Waals surface area (Å²) in [6.07, 6.45) is 1.79. The molecule has 0 radical (unpaired) electrons. The van der Waals surface area contributed by atoms with Gasteiger partial charge in [0.15, 0.2) is 4.80 Å². The van der Waals surface area contributed by atoms with E-state index in [0.717, 1.165) is 15.6 Å². The summed E-state index contributed by atoms with van der Waals surface area (Å²) in [7, 11) is 3.17. The summed E-state index contributed by atoms with van der Waals surface area (Å²) in [5, 5.41) is 0. The van der Waals surface area contributed by atoms with Crippen LogP contribution in [0.1, 0.15) is 31.0 Å². The smallest absolute Gasteiger partial charge is 0.338 e. The molecular weight excluding hydrogens is 520 g/mol. The van der Waals surface area contributed by atoms with Crippen molar-refractivity contribution in [2.24, 2.45) is 4.99 Å². The van der Waals surface area contributed by atoms with Crippen LogP contribution in [0.25, 0.3) is 6.08 Å². The molecule has 9 heteroatoms. The topological polar surface area (TPSA) is 79.1 Å². The molecule has 0 aliphatic carbocycles. The molecule has 3 aromatic rings. The van der Waals surface area contributed by atoms with Gasteiger partial charge in [0.2, 0.25) is 0 Å². The van der Waals surface area contributed by atoms with E-state index in [1.807, 2.05) is 42.5 Å². The molecule has 1 aliphatic rings. The van der Waals surface area contributed by atoms with Crippen LogP contribution in [-0.4, -0.2) is 31.4 Å². The van der Waals surface area contributed by atoms with E-state index < -0.39 is 12.0 Å². The van der Waals surface area contributed by atoms with Crippen molar-refractivity contribution in [2.45, 2.75) is 19.9 Å². The van der Waals surface area contributed by atoms with Gasteiger partial charge in [-0.05, 0) is 61.4 Å². The van der Waals surface area contributed by atoms with E-state index in [4.69, 9.17) is 14.2 Å². The molecule has 0 fully saturated rings. The summed E-state index contributed by atoms with van der Waals surface area (Å²) < 4.78 is 18.9. The lowest BCUT2D eigenvalue weighted by atomic mass is 9.95. The fourth-order valence-corrected chi connectivity index (χ4v) is 5.22. The van der Waals surface area contributed by atoms with Crippen molar-refractivity contribution in [1.82, 2.24) is 4.57 Å². The van der Waals surface area contributed by atoms with E-state index in [1.54, 1.807) is 38.7 Å². The van der Waals surface area contributed by atoms with E-state index in [-0.39, 0.29) is 12.2 Å². The number of benzene rings is 2. The maximum atomic E-state index is 13.7. The number of rotatable bonds is 6. The minimum absolute atomic E-state index is 0.217. The third-order valence-electron chi connectivity index (χ3n) is 5.42. The molecule has 0 spiro atoms. The second-order valence-corrected chi connectivity index (χ2v) is 9.33. The number of halogens is 1. The fourth-order valence-electron chi connectivity index (χ4n) is 3.82. The fraction of sp³-hybridized carbons (Fsp3) is 0.240. The Labute approximate surface area is 208 Å². The molecule has 0 bridgehead atoms. The molecule has 1 unspecified atom stereocenters. The molecule has 0 amide bonds. The number of hydrogen-bond donors (Lipinski definition) is 0. The summed E-state index contributed by atoms with van der Waals surface area (Å²) in [6, 6.07) is 12.2. The highest BCUT2D eigenvalue weighted by Gasteiger charge is 2.33. The zero-order valence-corrected chi connectivity index (χ0v) is 21.5. The van der Waals surface area contributed by atoms with E-state index in [1.165, 1.54) is 11.3 Å². The molecule has 1 aromatic heterocycles. The molecule has 0 N–H and O–H groups in total. The van der Waals surface area contributed by atoms with E-state index in [0.29, 0.717) is 32.1 Å². The van der Waals surface area contributed by atoms with Crippen molar-refractivity contribution >= 4 is 39.3 Å². The number of fused-ring (bicyclic) bond motifs is 1. The number of aromatic nitrogens is 1. The molecular formula is C25H23BrN2O5S.